The highest BCUT2D eigenvalue weighted by atomic mass is 79.9. The summed E-state index contributed by atoms with van der Waals surface area (Å²) >= 11 is 3.36. The molecular weight excluding hydrogens is 448 g/mol. The van der Waals surface area contributed by atoms with Crippen LogP contribution in [0, 0.1) is 0 Å². The lowest BCUT2D eigenvalue weighted by atomic mass is 10.1. The second-order valence-electron chi connectivity index (χ2n) is 6.29. The van der Waals surface area contributed by atoms with E-state index in [0.717, 1.165) is 12.8 Å². The van der Waals surface area contributed by atoms with Crippen molar-refractivity contribution in [1.82, 2.24) is 4.31 Å². The average Bonchev–Trinajstić information content (AvgIpc) is 3.24. The summed E-state index contributed by atoms with van der Waals surface area (Å²) in [5.74, 6) is 0.504. The molecule has 1 fully saturated rings. The van der Waals surface area contributed by atoms with E-state index in [1.165, 1.54) is 30.7 Å². The van der Waals surface area contributed by atoms with E-state index in [4.69, 9.17) is 9.47 Å². The number of halogens is 1. The highest BCUT2D eigenvalue weighted by molar-refractivity contribution is 9.10. The number of hydrogen-bond acceptors (Lipinski definition) is 5. The van der Waals surface area contributed by atoms with Gasteiger partial charge >= 0.3 is 0 Å². The molecule has 1 heterocycles. The summed E-state index contributed by atoms with van der Waals surface area (Å²) in [5.41, 5.74) is 0.718. The Hall–Kier alpha value is -2.10. The number of hydrogen-bond donors (Lipinski definition) is 1. The van der Waals surface area contributed by atoms with Gasteiger partial charge in [-0.1, -0.05) is 6.07 Å². The summed E-state index contributed by atoms with van der Waals surface area (Å²) in [6.45, 7) is 1.05. The molecular formula is C19H21BrN2O5S. The number of sulfonamides is 1. The van der Waals surface area contributed by atoms with Gasteiger partial charge in [0.25, 0.3) is 5.91 Å². The van der Waals surface area contributed by atoms with Gasteiger partial charge in [-0.3, -0.25) is 4.79 Å². The summed E-state index contributed by atoms with van der Waals surface area (Å²) in [5, 5.41) is 2.74. The van der Waals surface area contributed by atoms with Crippen LogP contribution in [-0.2, 0) is 10.0 Å². The molecule has 1 aliphatic heterocycles. The van der Waals surface area contributed by atoms with Crippen molar-refractivity contribution in [3.8, 4) is 11.5 Å². The SMILES string of the molecule is COc1cc(C(=O)Nc2cccc(S(=O)(=O)N3CCCC3)c2)cc(OC)c1Br. The molecule has 0 radical (unpaired) electrons. The average molecular weight is 469 g/mol. The Labute approximate surface area is 172 Å². The fourth-order valence-corrected chi connectivity index (χ4v) is 5.13. The van der Waals surface area contributed by atoms with Crippen molar-refractivity contribution in [3.63, 3.8) is 0 Å². The Morgan fingerprint density at radius 2 is 1.68 bits per heavy atom. The lowest BCUT2D eigenvalue weighted by Gasteiger charge is -2.16. The molecule has 0 unspecified atom stereocenters. The summed E-state index contributed by atoms with van der Waals surface area (Å²) < 4.78 is 38.0. The van der Waals surface area contributed by atoms with Crippen molar-refractivity contribution in [1.29, 1.82) is 0 Å². The second-order valence-corrected chi connectivity index (χ2v) is 9.02. The summed E-state index contributed by atoms with van der Waals surface area (Å²) in [6.07, 6.45) is 1.73. The molecule has 1 amide bonds. The molecule has 1 aliphatic rings. The number of carbonyl (C=O) groups is 1. The zero-order valence-electron chi connectivity index (χ0n) is 15.6. The van der Waals surface area contributed by atoms with Crippen LogP contribution < -0.4 is 14.8 Å². The monoisotopic (exact) mass is 468 g/mol. The Morgan fingerprint density at radius 1 is 1.07 bits per heavy atom. The number of methoxy groups -OCH3 is 2. The molecule has 1 N–H and O–H groups in total. The maximum absolute atomic E-state index is 12.7. The van der Waals surface area contributed by atoms with E-state index in [0.29, 0.717) is 40.3 Å². The number of ether oxygens (including phenoxy) is 2. The standard InChI is InChI=1S/C19H21BrN2O5S/c1-26-16-10-13(11-17(27-2)18(16)20)19(23)21-14-6-5-7-15(12-14)28(24,25)22-8-3-4-9-22/h5-7,10-12H,3-4,8-9H2,1-2H3,(H,21,23). The summed E-state index contributed by atoms with van der Waals surface area (Å²) in [6, 6.07) is 9.42. The molecule has 0 saturated carbocycles. The van der Waals surface area contributed by atoms with E-state index >= 15 is 0 Å². The van der Waals surface area contributed by atoms with Crippen molar-refractivity contribution in [2.75, 3.05) is 32.6 Å². The van der Waals surface area contributed by atoms with Gasteiger partial charge in [0.2, 0.25) is 10.0 Å². The number of nitrogens with zero attached hydrogens (tertiary/aromatic N) is 1. The van der Waals surface area contributed by atoms with Crippen LogP contribution in [0.4, 0.5) is 5.69 Å². The second kappa shape index (κ2) is 8.50. The first-order valence-corrected chi connectivity index (χ1v) is 10.9. The zero-order valence-corrected chi connectivity index (χ0v) is 18.0. The normalized spacial score (nSPS) is 14.7. The van der Waals surface area contributed by atoms with E-state index in [-0.39, 0.29) is 4.90 Å². The smallest absolute Gasteiger partial charge is 0.255 e. The first-order chi connectivity index (χ1) is 13.4. The number of benzene rings is 2. The summed E-state index contributed by atoms with van der Waals surface area (Å²) in [4.78, 5) is 12.8. The third-order valence-corrected chi connectivity index (χ3v) is 7.18. The third-order valence-electron chi connectivity index (χ3n) is 4.50. The fraction of sp³-hybridized carbons (Fsp3) is 0.316. The van der Waals surface area contributed by atoms with Crippen molar-refractivity contribution in [2.45, 2.75) is 17.7 Å². The van der Waals surface area contributed by atoms with Crippen LogP contribution in [-0.4, -0.2) is 45.9 Å². The molecule has 0 spiro atoms. The van der Waals surface area contributed by atoms with E-state index < -0.39 is 15.9 Å². The van der Waals surface area contributed by atoms with E-state index in [9.17, 15) is 13.2 Å². The Morgan fingerprint density at radius 3 is 2.25 bits per heavy atom. The van der Waals surface area contributed by atoms with Gasteiger partial charge in [-0.05, 0) is 59.1 Å². The lowest BCUT2D eigenvalue weighted by Crippen LogP contribution is -2.27. The lowest BCUT2D eigenvalue weighted by molar-refractivity contribution is 0.102. The molecule has 2 aromatic rings. The van der Waals surface area contributed by atoms with E-state index in [2.05, 4.69) is 21.2 Å². The molecule has 2 aromatic carbocycles. The van der Waals surface area contributed by atoms with Crippen molar-refractivity contribution < 1.29 is 22.7 Å². The van der Waals surface area contributed by atoms with Crippen LogP contribution in [0.3, 0.4) is 0 Å². The summed E-state index contributed by atoms with van der Waals surface area (Å²) in [7, 11) is -0.565. The minimum atomic E-state index is -3.55. The van der Waals surface area contributed by atoms with E-state index in [1.54, 1.807) is 24.3 Å². The highest BCUT2D eigenvalue weighted by Crippen LogP contribution is 2.35. The van der Waals surface area contributed by atoms with Crippen LogP contribution in [0.1, 0.15) is 23.2 Å². The van der Waals surface area contributed by atoms with Gasteiger partial charge in [0.05, 0.1) is 19.1 Å². The van der Waals surface area contributed by atoms with Gasteiger partial charge in [-0.15, -0.1) is 0 Å². The first-order valence-electron chi connectivity index (χ1n) is 8.70. The predicted octanol–water partition coefficient (Wildman–Crippen LogP) is 3.50. The minimum Gasteiger partial charge on any atom is -0.495 e. The van der Waals surface area contributed by atoms with Gasteiger partial charge in [0.1, 0.15) is 16.0 Å². The number of nitrogens with one attached hydrogen (secondary N) is 1. The molecule has 0 aromatic heterocycles. The van der Waals surface area contributed by atoms with Gasteiger partial charge < -0.3 is 14.8 Å². The van der Waals surface area contributed by atoms with Gasteiger partial charge in [-0.2, -0.15) is 4.31 Å². The van der Waals surface area contributed by atoms with E-state index in [1.807, 2.05) is 0 Å². The molecule has 28 heavy (non-hydrogen) atoms. The van der Waals surface area contributed by atoms with Crippen molar-refractivity contribution in [2.24, 2.45) is 0 Å². The van der Waals surface area contributed by atoms with Crippen LogP contribution in [0.25, 0.3) is 0 Å². The molecule has 7 nitrogen and oxygen atoms in total. The van der Waals surface area contributed by atoms with Gasteiger partial charge in [0.15, 0.2) is 0 Å². The minimum absolute atomic E-state index is 0.165. The number of anilines is 1. The molecule has 150 valence electrons. The van der Waals surface area contributed by atoms with Gasteiger partial charge in [-0.25, -0.2) is 8.42 Å². The van der Waals surface area contributed by atoms with Gasteiger partial charge in [0, 0.05) is 24.3 Å². The first kappa shape index (κ1) is 20.6. The quantitative estimate of drug-likeness (QED) is 0.700. The highest BCUT2D eigenvalue weighted by Gasteiger charge is 2.27. The Balaban J connectivity index is 1.85. The molecule has 0 bridgehead atoms. The molecule has 1 saturated heterocycles. The predicted molar refractivity (Wildman–Crippen MR) is 110 cm³/mol. The number of amides is 1. The zero-order chi connectivity index (χ0) is 20.3. The Bertz CT molecular complexity index is 963. The van der Waals surface area contributed by atoms with Crippen molar-refractivity contribution >= 4 is 37.5 Å². The molecule has 9 heteroatoms. The molecule has 0 aliphatic carbocycles. The third kappa shape index (κ3) is 4.16. The van der Waals surface area contributed by atoms with Crippen LogP contribution >= 0.6 is 15.9 Å². The largest absolute Gasteiger partial charge is 0.495 e. The van der Waals surface area contributed by atoms with Crippen LogP contribution in [0.5, 0.6) is 11.5 Å². The topological polar surface area (TPSA) is 84.9 Å². The number of carbonyl (C=O) groups excluding carboxylic acids is 1. The maximum atomic E-state index is 12.7. The Kier molecular flexibility index (Phi) is 6.26. The number of rotatable bonds is 6. The van der Waals surface area contributed by atoms with Crippen molar-refractivity contribution in [3.05, 3.63) is 46.4 Å². The molecule has 0 atom stereocenters. The molecule has 3 rings (SSSR count). The van der Waals surface area contributed by atoms with Crippen LogP contribution in [0.15, 0.2) is 45.8 Å². The fourth-order valence-electron chi connectivity index (χ4n) is 3.02. The maximum Gasteiger partial charge on any atom is 0.255 e. The van der Waals surface area contributed by atoms with Crippen LogP contribution in [0.2, 0.25) is 0 Å².